The summed E-state index contributed by atoms with van der Waals surface area (Å²) >= 11 is 0. The minimum atomic E-state index is -1.82. The van der Waals surface area contributed by atoms with Gasteiger partial charge in [0.1, 0.15) is 51.4 Å². The van der Waals surface area contributed by atoms with Crippen LogP contribution in [0.4, 0.5) is 0 Å². The summed E-state index contributed by atoms with van der Waals surface area (Å²) in [5.74, 6) is -31.0. The second-order valence-corrected chi connectivity index (χ2v) is 14.2. The summed E-state index contributed by atoms with van der Waals surface area (Å²) in [6, 6.07) is 4.59. The maximum atomic E-state index is 11.2. The lowest BCUT2D eigenvalue weighted by Crippen LogP contribution is -2.06. The lowest BCUT2D eigenvalue weighted by Gasteiger charge is -2.16. The van der Waals surface area contributed by atoms with E-state index in [1.807, 2.05) is 0 Å². The first-order chi connectivity index (χ1) is 35.7. The third-order valence-electron chi connectivity index (χ3n) is 9.15. The molecule has 34 heteroatoms. The predicted molar refractivity (Wildman–Crippen MR) is 233 cm³/mol. The molecule has 0 atom stereocenters. The number of phenolic OH excluding ortho intramolecular Hbond substituents is 11. The Kier molecular flexibility index (Phi) is 20.8. The highest BCUT2D eigenvalue weighted by Gasteiger charge is 2.23. The van der Waals surface area contributed by atoms with Crippen molar-refractivity contribution < 1.29 is 172 Å². The molecule has 420 valence electrons. The molecule has 0 aliphatic carbocycles. The van der Waals surface area contributed by atoms with Crippen molar-refractivity contribution >= 4 is 35.8 Å². The van der Waals surface area contributed by atoms with E-state index < -0.39 is 196 Å². The van der Waals surface area contributed by atoms with Crippen LogP contribution in [0.2, 0.25) is 0 Å². The zero-order valence-electron chi connectivity index (χ0n) is 38.2. The van der Waals surface area contributed by atoms with Crippen molar-refractivity contribution in [1.82, 2.24) is 0 Å². The molecule has 0 radical (unpaired) electrons. The Bertz CT molecular complexity index is 3150. The van der Waals surface area contributed by atoms with E-state index in [9.17, 15) is 59.4 Å². The summed E-state index contributed by atoms with van der Waals surface area (Å²) in [5.41, 5.74) is -5.21. The Hall–Kier alpha value is -12.3. The van der Waals surface area contributed by atoms with Crippen LogP contribution in [0.15, 0.2) is 36.4 Å². The van der Waals surface area contributed by atoms with E-state index in [2.05, 4.69) is 0 Å². The molecule has 0 aromatic heterocycles. The average Bonchev–Trinajstić information content (AvgIpc) is 3.32. The first-order valence-corrected chi connectivity index (χ1v) is 19.3. The maximum Gasteiger partial charge on any atom is 0.339 e. The van der Waals surface area contributed by atoms with Crippen molar-refractivity contribution in [2.45, 2.75) is 13.8 Å². The zero-order chi connectivity index (χ0) is 61.0. The molecule has 78 heavy (non-hydrogen) atoms. The number of aromatic hydroxyl groups is 16. The van der Waals surface area contributed by atoms with Gasteiger partial charge in [-0.15, -0.1) is 0 Å². The Balaban J connectivity index is 0.000000468. The van der Waals surface area contributed by atoms with Crippen molar-refractivity contribution in [2.75, 3.05) is 0 Å². The zero-order valence-corrected chi connectivity index (χ0v) is 38.2. The van der Waals surface area contributed by atoms with Crippen molar-refractivity contribution in [3.63, 3.8) is 0 Å². The molecule has 0 fully saturated rings. The molecule has 0 spiro atoms. The second kappa shape index (κ2) is 25.4. The normalized spacial score (nSPS) is 9.87. The van der Waals surface area contributed by atoms with Crippen LogP contribution >= 0.6 is 0 Å². The highest BCUT2D eigenvalue weighted by molar-refractivity contribution is 5.98. The van der Waals surface area contributed by atoms with E-state index in [-0.39, 0.29) is 11.1 Å². The summed E-state index contributed by atoms with van der Waals surface area (Å²) in [7, 11) is 0. The van der Waals surface area contributed by atoms with Gasteiger partial charge in [-0.25, -0.2) is 28.8 Å². The van der Waals surface area contributed by atoms with Crippen LogP contribution in [-0.2, 0) is 0 Å². The fourth-order valence-electron chi connectivity index (χ4n) is 5.23. The minimum absolute atomic E-state index is 0.0878. The van der Waals surface area contributed by atoms with Gasteiger partial charge < -0.3 is 143 Å². The van der Waals surface area contributed by atoms with Gasteiger partial charge in [-0.05, 0) is 66.2 Å². The molecule has 0 aliphatic heterocycles. The molecule has 6 aromatic rings. The molecule has 0 saturated heterocycles. The van der Waals surface area contributed by atoms with E-state index in [1.54, 1.807) is 0 Å². The third-order valence-corrected chi connectivity index (χ3v) is 9.15. The monoisotopic (exact) mass is 1110 g/mol. The quantitative estimate of drug-likeness (QED) is 0.0678. The summed E-state index contributed by atoms with van der Waals surface area (Å²) < 4.78 is 0. The lowest BCUT2D eigenvalue weighted by molar-refractivity contribution is -0.271. The van der Waals surface area contributed by atoms with Gasteiger partial charge in [0.2, 0.25) is 11.5 Å². The van der Waals surface area contributed by atoms with Gasteiger partial charge >= 0.3 is 35.8 Å². The van der Waals surface area contributed by atoms with Gasteiger partial charge in [0, 0.05) is 18.2 Å². The summed E-state index contributed by atoms with van der Waals surface area (Å²) in [4.78, 5) is 62.4. The van der Waals surface area contributed by atoms with E-state index in [4.69, 9.17) is 112 Å². The Morgan fingerprint density at radius 3 is 1.05 bits per heavy atom. The number of carboxylic acids is 6. The third kappa shape index (κ3) is 14.2. The number of rotatable bonds is 6. The van der Waals surface area contributed by atoms with Crippen molar-refractivity contribution in [2.24, 2.45) is 0 Å². The van der Waals surface area contributed by atoms with Crippen LogP contribution in [0, 0.1) is 13.8 Å². The molecule has 0 bridgehead atoms. The van der Waals surface area contributed by atoms with Crippen molar-refractivity contribution in [3.8, 4) is 126 Å². The topological polar surface area (TPSA) is 686 Å². The number of phenols is 16. The minimum Gasteiger partial charge on any atom is -0.872 e. The Morgan fingerprint density at radius 2 is 0.615 bits per heavy atom. The lowest BCUT2D eigenvalue weighted by atomic mass is 10.1. The number of hydrogen-bond acceptors (Lipinski definition) is 28. The molecule has 6 aromatic carbocycles. The standard InChI is InChI=1S/2C8H8O5.C7H6O7.2C7H6O6.C7H6O5/c1-3-6(8(12)13)4(9)2-5(10)7(3)11;1-3-4(9)2-5(10)6(7(3)11)8(12)13;8-2-1(7(13)14)3(9)5(11)6(12)4(2)10;8-2-1-3(9)5(10)6(11)4(2)7(12)13;8-3-1-2(7(12)13)4(9)6(11)5(3)10;8-3-1-2-4(9)6(10)5(3)7(11)12/h2*2,9-11H,1H3,(H,12,13);8-12H,(H,13,14);2*1,8-11H,(H,12,13);1-2,8-10H,(H,11,12)/p-6. The summed E-state index contributed by atoms with van der Waals surface area (Å²) in [6.45, 7) is 2.51. The number of carbonyl (C=O) groups is 6. The maximum absolute atomic E-state index is 11.2. The smallest absolute Gasteiger partial charge is 0.339 e. The summed E-state index contributed by atoms with van der Waals surface area (Å²) in [6.07, 6.45) is 0. The van der Waals surface area contributed by atoms with Crippen LogP contribution < -0.4 is 30.6 Å². The molecule has 0 unspecified atom stereocenters. The largest absolute Gasteiger partial charge is 0.872 e. The molecular formula is C44H34O34-6. The highest BCUT2D eigenvalue weighted by Crippen LogP contribution is 2.49. The molecule has 0 saturated carbocycles. The molecule has 22 N–H and O–H groups in total. The molecule has 0 amide bonds. The molecule has 34 nitrogen and oxygen atoms in total. The first kappa shape index (κ1) is 63.8. The van der Waals surface area contributed by atoms with E-state index >= 15 is 0 Å². The van der Waals surface area contributed by atoms with Gasteiger partial charge in [-0.1, -0.05) is 11.5 Å². The van der Waals surface area contributed by atoms with Crippen LogP contribution in [0.25, 0.3) is 0 Å². The van der Waals surface area contributed by atoms with Crippen LogP contribution in [0.1, 0.15) is 73.3 Å². The number of aromatic carboxylic acids is 6. The van der Waals surface area contributed by atoms with Crippen molar-refractivity contribution in [1.29, 1.82) is 0 Å². The van der Waals surface area contributed by atoms with E-state index in [0.29, 0.717) is 12.1 Å². The molecular weight excluding hydrogens is 1070 g/mol. The Labute approximate surface area is 428 Å². The summed E-state index contributed by atoms with van der Waals surface area (Å²) in [5, 5.41) is 259. The number of carboxylic acid groups (broad SMARTS) is 6. The molecule has 0 aliphatic rings. The van der Waals surface area contributed by atoms with Gasteiger partial charge in [0.05, 0.1) is 22.3 Å². The second-order valence-electron chi connectivity index (χ2n) is 14.2. The average molecular weight is 1110 g/mol. The van der Waals surface area contributed by atoms with Crippen LogP contribution in [-0.4, -0.2) is 148 Å². The van der Waals surface area contributed by atoms with Gasteiger partial charge in [0.15, 0.2) is 40.2 Å². The van der Waals surface area contributed by atoms with Crippen LogP contribution in [0.5, 0.6) is 126 Å². The van der Waals surface area contributed by atoms with E-state index in [1.165, 1.54) is 13.8 Å². The fourth-order valence-corrected chi connectivity index (χ4v) is 5.23. The van der Waals surface area contributed by atoms with Crippen molar-refractivity contribution in [3.05, 3.63) is 80.9 Å². The van der Waals surface area contributed by atoms with E-state index in [0.717, 1.165) is 24.3 Å². The Morgan fingerprint density at radius 1 is 0.269 bits per heavy atom. The first-order valence-electron chi connectivity index (χ1n) is 19.3. The fraction of sp³-hybridized carbons (Fsp3) is 0.0455. The van der Waals surface area contributed by atoms with Crippen LogP contribution in [0.3, 0.4) is 0 Å². The number of benzene rings is 6. The number of hydrogen-bond donors (Lipinski definition) is 22. The highest BCUT2D eigenvalue weighted by atomic mass is 16.4. The molecule has 0 heterocycles. The van der Waals surface area contributed by atoms with Gasteiger partial charge in [0.25, 0.3) is 0 Å². The molecule has 6 rings (SSSR count). The SMILES string of the molecule is Cc1c(O)cc(O)c(C(=O)O)c1[O-].Cc1c([O-])c(O)cc(O)c1C(=O)O.O=C(O)c1c(O)cc(O)c(O)c1[O-].O=C(O)c1c(O)ccc(O)c1[O-].O=C(O)c1c([O-])c(O)c(O)c(O)c1O.O=C(O)c1cc(O)c(O)c(O)c1[O-]. The van der Waals surface area contributed by atoms with Gasteiger partial charge in [-0.3, -0.25) is 0 Å². The van der Waals surface area contributed by atoms with Gasteiger partial charge in [-0.2, -0.15) is 0 Å². The predicted octanol–water partition coefficient (Wildman–Crippen LogP) is -1.34.